The number of carboxylic acids is 1. The summed E-state index contributed by atoms with van der Waals surface area (Å²) in [4.78, 5) is 62.8. The fraction of sp³-hybridized carbons (Fsp3) is 0.667. The lowest BCUT2D eigenvalue weighted by atomic mass is 9.97. The Morgan fingerprint density at radius 3 is 2.16 bits per heavy atom. The number of carbonyl (C=O) groups is 5. The van der Waals surface area contributed by atoms with E-state index >= 15 is 0 Å². The first-order chi connectivity index (χ1) is 14.9. The third kappa shape index (κ3) is 11.7. The number of carboxylic acid groups (broad SMARTS) is 1. The molecule has 0 aliphatic carbocycles. The van der Waals surface area contributed by atoms with Gasteiger partial charge in [0.25, 0.3) is 0 Å². The molecule has 0 aliphatic rings. The summed E-state index contributed by atoms with van der Waals surface area (Å²) >= 11 is 0. The van der Waals surface area contributed by atoms with Gasteiger partial charge >= 0.3 is 5.97 Å². The number of rotatable bonds is 15. The first-order valence-corrected chi connectivity index (χ1v) is 10.1. The average Bonchev–Trinajstić information content (AvgIpc) is 2.70. The maximum Gasteiger partial charge on any atom is 0.326 e. The Morgan fingerprint density at radius 1 is 1.03 bits per heavy atom. The maximum atomic E-state index is 12.7. The lowest BCUT2D eigenvalue weighted by molar-refractivity contribution is -0.142. The number of amides is 4. The molecule has 0 aromatic heterocycles. The minimum atomic E-state index is -1.24. The van der Waals surface area contributed by atoms with E-state index in [0.29, 0.717) is 12.8 Å². The van der Waals surface area contributed by atoms with Crippen LogP contribution in [0.3, 0.4) is 0 Å². The number of carbonyl (C=O) groups excluding carboxylic acids is 4. The summed E-state index contributed by atoms with van der Waals surface area (Å²) in [6.07, 6.45) is 0.515. The van der Waals surface area contributed by atoms with E-state index in [2.05, 4.69) is 20.9 Å². The van der Waals surface area contributed by atoms with E-state index < -0.39 is 54.3 Å². The van der Waals surface area contributed by atoms with Crippen molar-refractivity contribution in [3.8, 4) is 0 Å². The SMILES string of the molecule is CCC(C)C(NC(=O)CNC(=O)C(N)CC(N)=O)C(=O)NC(CCCN=C(N)N)C(=O)O. The molecule has 4 amide bonds. The van der Waals surface area contributed by atoms with Crippen LogP contribution in [-0.2, 0) is 24.0 Å². The quantitative estimate of drug-likeness (QED) is 0.0685. The molecule has 32 heavy (non-hydrogen) atoms. The summed E-state index contributed by atoms with van der Waals surface area (Å²) < 4.78 is 0. The van der Waals surface area contributed by atoms with Gasteiger partial charge in [-0.3, -0.25) is 24.2 Å². The summed E-state index contributed by atoms with van der Waals surface area (Å²) in [5.41, 5.74) is 20.9. The first kappa shape index (κ1) is 28.6. The molecule has 14 heteroatoms. The smallest absolute Gasteiger partial charge is 0.326 e. The van der Waals surface area contributed by atoms with Crippen LogP contribution >= 0.6 is 0 Å². The fourth-order valence-electron chi connectivity index (χ4n) is 2.56. The first-order valence-electron chi connectivity index (χ1n) is 10.1. The van der Waals surface area contributed by atoms with Crippen molar-refractivity contribution in [2.75, 3.05) is 13.1 Å². The highest BCUT2D eigenvalue weighted by atomic mass is 16.4. The summed E-state index contributed by atoms with van der Waals surface area (Å²) in [6, 6.07) is -3.45. The summed E-state index contributed by atoms with van der Waals surface area (Å²) in [5.74, 6) is -4.59. The molecule has 0 heterocycles. The standard InChI is InChI=1S/C18H34N8O6/c1-3-9(2)14(26-13(28)8-24-15(29)10(19)7-12(20)27)16(30)25-11(17(31)32)5-4-6-23-18(21)22/h9-11,14H,3-8,19H2,1-2H3,(H2,20,27)(H,24,29)(H,25,30)(H,26,28)(H,31,32)(H4,21,22,23). The molecule has 0 aliphatic heterocycles. The van der Waals surface area contributed by atoms with Gasteiger partial charge in [-0.2, -0.15) is 0 Å². The van der Waals surface area contributed by atoms with Gasteiger partial charge in [-0.15, -0.1) is 0 Å². The van der Waals surface area contributed by atoms with E-state index in [1.54, 1.807) is 13.8 Å². The van der Waals surface area contributed by atoms with E-state index in [-0.39, 0.29) is 31.3 Å². The molecule has 0 saturated heterocycles. The largest absolute Gasteiger partial charge is 0.480 e. The van der Waals surface area contributed by atoms with Gasteiger partial charge in [0.1, 0.15) is 12.1 Å². The van der Waals surface area contributed by atoms with Crippen molar-refractivity contribution in [1.29, 1.82) is 0 Å². The molecule has 0 spiro atoms. The molecule has 0 saturated carbocycles. The van der Waals surface area contributed by atoms with Crippen LogP contribution in [0.5, 0.6) is 0 Å². The minimum Gasteiger partial charge on any atom is -0.480 e. The van der Waals surface area contributed by atoms with Crippen LogP contribution < -0.4 is 38.9 Å². The molecular formula is C18H34N8O6. The molecular weight excluding hydrogens is 424 g/mol. The van der Waals surface area contributed by atoms with Crippen LogP contribution in [0, 0.1) is 5.92 Å². The number of guanidine groups is 1. The van der Waals surface area contributed by atoms with Gasteiger partial charge in [0.05, 0.1) is 19.0 Å². The van der Waals surface area contributed by atoms with Crippen molar-refractivity contribution in [1.82, 2.24) is 16.0 Å². The molecule has 4 atom stereocenters. The molecule has 12 N–H and O–H groups in total. The second-order valence-electron chi connectivity index (χ2n) is 7.27. The number of hydrogen-bond donors (Lipinski definition) is 8. The number of hydrogen-bond acceptors (Lipinski definition) is 7. The molecule has 0 aromatic carbocycles. The zero-order valence-electron chi connectivity index (χ0n) is 18.3. The number of aliphatic carboxylic acids is 1. The highest BCUT2D eigenvalue weighted by Crippen LogP contribution is 2.09. The Hall–Kier alpha value is -3.42. The molecule has 14 nitrogen and oxygen atoms in total. The van der Waals surface area contributed by atoms with E-state index in [1.165, 1.54) is 0 Å². The van der Waals surface area contributed by atoms with Gasteiger partial charge in [-0.1, -0.05) is 20.3 Å². The predicted molar refractivity (Wildman–Crippen MR) is 116 cm³/mol. The second-order valence-corrected chi connectivity index (χ2v) is 7.27. The van der Waals surface area contributed by atoms with Gasteiger partial charge in [-0.25, -0.2) is 4.79 Å². The minimum absolute atomic E-state index is 0.0762. The Bertz CT molecular complexity index is 710. The summed E-state index contributed by atoms with van der Waals surface area (Å²) in [6.45, 7) is 3.21. The van der Waals surface area contributed by atoms with E-state index in [9.17, 15) is 29.1 Å². The number of aliphatic imine (C=N–C) groups is 1. The zero-order chi connectivity index (χ0) is 24.8. The lowest BCUT2D eigenvalue weighted by Gasteiger charge is -2.25. The van der Waals surface area contributed by atoms with Gasteiger partial charge in [0, 0.05) is 6.54 Å². The molecule has 0 fully saturated rings. The predicted octanol–water partition coefficient (Wildman–Crippen LogP) is -3.54. The van der Waals surface area contributed by atoms with Gasteiger partial charge < -0.3 is 44.0 Å². The van der Waals surface area contributed by atoms with Crippen molar-refractivity contribution in [3.63, 3.8) is 0 Å². The zero-order valence-corrected chi connectivity index (χ0v) is 18.3. The van der Waals surface area contributed by atoms with Crippen LogP contribution in [0.4, 0.5) is 0 Å². The third-order valence-electron chi connectivity index (χ3n) is 4.55. The highest BCUT2D eigenvalue weighted by molar-refractivity contribution is 5.93. The van der Waals surface area contributed by atoms with Crippen LogP contribution in [0.25, 0.3) is 0 Å². The van der Waals surface area contributed by atoms with E-state index in [0.717, 1.165) is 0 Å². The molecule has 0 rings (SSSR count). The summed E-state index contributed by atoms with van der Waals surface area (Å²) in [5, 5.41) is 16.5. The Labute approximate surface area is 185 Å². The summed E-state index contributed by atoms with van der Waals surface area (Å²) in [7, 11) is 0. The van der Waals surface area contributed by atoms with Crippen molar-refractivity contribution in [3.05, 3.63) is 0 Å². The van der Waals surface area contributed by atoms with Crippen LogP contribution in [0.15, 0.2) is 4.99 Å². The van der Waals surface area contributed by atoms with Gasteiger partial charge in [0.2, 0.25) is 23.6 Å². The van der Waals surface area contributed by atoms with Crippen molar-refractivity contribution in [2.24, 2.45) is 33.8 Å². The molecule has 0 radical (unpaired) electrons. The van der Waals surface area contributed by atoms with Crippen LogP contribution in [0.2, 0.25) is 0 Å². The monoisotopic (exact) mass is 458 g/mol. The van der Waals surface area contributed by atoms with Crippen molar-refractivity contribution in [2.45, 2.75) is 57.7 Å². The second kappa shape index (κ2) is 14.6. The lowest BCUT2D eigenvalue weighted by Crippen LogP contribution is -2.56. The van der Waals surface area contributed by atoms with Crippen LogP contribution in [-0.4, -0.2) is 71.9 Å². The normalized spacial score (nSPS) is 14.2. The fourth-order valence-corrected chi connectivity index (χ4v) is 2.56. The maximum absolute atomic E-state index is 12.7. The molecule has 182 valence electrons. The van der Waals surface area contributed by atoms with Crippen molar-refractivity contribution >= 4 is 35.6 Å². The Balaban J connectivity index is 4.96. The van der Waals surface area contributed by atoms with E-state index in [4.69, 9.17) is 22.9 Å². The molecule has 4 unspecified atom stereocenters. The Kier molecular flexibility index (Phi) is 13.0. The third-order valence-corrected chi connectivity index (χ3v) is 4.55. The molecule has 0 aromatic rings. The highest BCUT2D eigenvalue weighted by Gasteiger charge is 2.29. The Morgan fingerprint density at radius 2 is 1.66 bits per heavy atom. The number of nitrogens with two attached hydrogens (primary N) is 4. The van der Waals surface area contributed by atoms with Gasteiger partial charge in [0.15, 0.2) is 5.96 Å². The van der Waals surface area contributed by atoms with Crippen LogP contribution in [0.1, 0.15) is 39.5 Å². The average molecular weight is 459 g/mol. The van der Waals surface area contributed by atoms with Gasteiger partial charge in [-0.05, 0) is 18.8 Å². The number of nitrogens with one attached hydrogen (secondary N) is 3. The number of primary amides is 1. The number of nitrogens with zero attached hydrogens (tertiary/aromatic N) is 1. The topological polar surface area (TPSA) is 258 Å². The molecule has 0 bridgehead atoms. The van der Waals surface area contributed by atoms with E-state index in [1.807, 2.05) is 0 Å². The van der Waals surface area contributed by atoms with Crippen molar-refractivity contribution < 1.29 is 29.1 Å².